The second-order valence-corrected chi connectivity index (χ2v) is 8.88. The lowest BCUT2D eigenvalue weighted by Crippen LogP contribution is -2.41. The number of rotatable bonds is 5. The van der Waals surface area contributed by atoms with E-state index in [4.69, 9.17) is 17.3 Å². The van der Waals surface area contributed by atoms with E-state index < -0.39 is 14.9 Å². The van der Waals surface area contributed by atoms with Crippen molar-refractivity contribution in [2.45, 2.75) is 29.5 Å². The molecule has 118 valence electrons. The maximum absolute atomic E-state index is 12.6. The molecule has 1 aliphatic carbocycles. The molecule has 0 aliphatic heterocycles. The zero-order chi connectivity index (χ0) is 15.8. The number of nitrogens with zero attached hydrogens (tertiary/aromatic N) is 2. The number of sulfonamides is 1. The Morgan fingerprint density at radius 2 is 2.24 bits per heavy atom. The van der Waals surface area contributed by atoms with Gasteiger partial charge in [-0.3, -0.25) is 10.1 Å². The van der Waals surface area contributed by atoms with Gasteiger partial charge >= 0.3 is 0 Å². The molecule has 2 atom stereocenters. The van der Waals surface area contributed by atoms with Crippen molar-refractivity contribution >= 4 is 38.6 Å². The smallest absolute Gasteiger partial charge is 0.300 e. The quantitative estimate of drug-likeness (QED) is 0.644. The predicted molar refractivity (Wildman–Crippen MR) is 81.1 cm³/mol. The molecule has 2 N–H and O–H groups in total. The van der Waals surface area contributed by atoms with Crippen molar-refractivity contribution in [2.24, 2.45) is 11.7 Å². The van der Waals surface area contributed by atoms with Crippen molar-refractivity contribution in [3.05, 3.63) is 20.5 Å². The van der Waals surface area contributed by atoms with Crippen LogP contribution in [0.3, 0.4) is 0 Å². The summed E-state index contributed by atoms with van der Waals surface area (Å²) in [4.78, 5) is 10.1. The van der Waals surface area contributed by atoms with E-state index in [1.54, 1.807) is 0 Å². The summed E-state index contributed by atoms with van der Waals surface area (Å²) in [6.45, 7) is 0.426. The zero-order valence-electron chi connectivity index (χ0n) is 11.4. The van der Waals surface area contributed by atoms with E-state index in [0.717, 1.165) is 25.3 Å². The van der Waals surface area contributed by atoms with Crippen LogP contribution in [-0.2, 0) is 10.0 Å². The normalized spacial score (nSPS) is 22.9. The topological polar surface area (TPSA) is 107 Å². The average molecular weight is 354 g/mol. The molecule has 0 aromatic carbocycles. The number of thiophene rings is 1. The first-order valence-corrected chi connectivity index (χ1v) is 9.04. The van der Waals surface area contributed by atoms with Gasteiger partial charge in [0.1, 0.15) is 4.21 Å². The Balaban J connectivity index is 2.33. The fourth-order valence-electron chi connectivity index (χ4n) is 2.68. The summed E-state index contributed by atoms with van der Waals surface area (Å²) in [5.74, 6) is 0.121. The molecule has 0 bridgehead atoms. The highest BCUT2D eigenvalue weighted by Crippen LogP contribution is 2.39. The zero-order valence-corrected chi connectivity index (χ0v) is 13.7. The third-order valence-electron chi connectivity index (χ3n) is 3.86. The molecule has 2 rings (SSSR count). The Hall–Kier alpha value is -0.740. The molecule has 21 heavy (non-hydrogen) atoms. The molecule has 2 unspecified atom stereocenters. The molecule has 10 heteroatoms. The Labute approximate surface area is 131 Å². The van der Waals surface area contributed by atoms with Gasteiger partial charge in [0, 0.05) is 19.2 Å². The van der Waals surface area contributed by atoms with Crippen molar-refractivity contribution in [1.29, 1.82) is 0 Å². The summed E-state index contributed by atoms with van der Waals surface area (Å²) in [5, 5.41) is 10.8. The van der Waals surface area contributed by atoms with Crippen LogP contribution in [0.1, 0.15) is 19.3 Å². The van der Waals surface area contributed by atoms with Crippen LogP contribution >= 0.6 is 22.9 Å². The van der Waals surface area contributed by atoms with Gasteiger partial charge in [-0.1, -0.05) is 18.0 Å². The molecule has 1 aromatic rings. The van der Waals surface area contributed by atoms with Crippen molar-refractivity contribution in [2.75, 3.05) is 13.6 Å². The van der Waals surface area contributed by atoms with Crippen LogP contribution in [0.2, 0.25) is 4.34 Å². The van der Waals surface area contributed by atoms with Gasteiger partial charge in [-0.2, -0.15) is 4.31 Å². The number of halogens is 1. The summed E-state index contributed by atoms with van der Waals surface area (Å²) in [6.07, 6.45) is 2.57. The number of nitro groups is 1. The second kappa shape index (κ2) is 6.17. The van der Waals surface area contributed by atoms with E-state index in [9.17, 15) is 18.5 Å². The van der Waals surface area contributed by atoms with Crippen LogP contribution in [0.25, 0.3) is 0 Å². The van der Waals surface area contributed by atoms with E-state index in [-0.39, 0.29) is 26.2 Å². The third-order valence-corrected chi connectivity index (χ3v) is 7.53. The molecule has 1 fully saturated rings. The molecule has 1 saturated carbocycles. The summed E-state index contributed by atoms with van der Waals surface area (Å²) < 4.78 is 26.2. The molecular weight excluding hydrogens is 338 g/mol. The fraction of sp³-hybridized carbons (Fsp3) is 0.636. The first-order chi connectivity index (χ1) is 9.78. The SMILES string of the molecule is CN(C1CCCC1CN)S(=O)(=O)c1cc([N+](=O)[O-])c(Cl)s1. The Kier molecular flexibility index (Phi) is 4.89. The van der Waals surface area contributed by atoms with E-state index in [1.807, 2.05) is 0 Å². The highest BCUT2D eigenvalue weighted by Gasteiger charge is 2.37. The first-order valence-electron chi connectivity index (χ1n) is 6.41. The van der Waals surface area contributed by atoms with Gasteiger partial charge in [0.25, 0.3) is 15.7 Å². The van der Waals surface area contributed by atoms with Crippen LogP contribution in [0, 0.1) is 16.0 Å². The van der Waals surface area contributed by atoms with Crippen LogP contribution in [0.5, 0.6) is 0 Å². The maximum Gasteiger partial charge on any atom is 0.300 e. The number of hydrogen-bond donors (Lipinski definition) is 1. The van der Waals surface area contributed by atoms with E-state index in [0.29, 0.717) is 17.9 Å². The minimum atomic E-state index is -3.79. The molecule has 1 aliphatic rings. The lowest BCUT2D eigenvalue weighted by Gasteiger charge is -2.27. The summed E-state index contributed by atoms with van der Waals surface area (Å²) >= 11 is 6.45. The van der Waals surface area contributed by atoms with Crippen molar-refractivity contribution < 1.29 is 13.3 Å². The molecule has 0 saturated heterocycles. The largest absolute Gasteiger partial charge is 0.330 e. The summed E-state index contributed by atoms with van der Waals surface area (Å²) in [7, 11) is -2.30. The van der Waals surface area contributed by atoms with Gasteiger partial charge in [-0.25, -0.2) is 8.42 Å². The average Bonchev–Trinajstić information content (AvgIpc) is 3.03. The van der Waals surface area contributed by atoms with Gasteiger partial charge in [-0.15, -0.1) is 11.3 Å². The van der Waals surface area contributed by atoms with Gasteiger partial charge < -0.3 is 5.73 Å². The lowest BCUT2D eigenvalue weighted by molar-refractivity contribution is -0.384. The van der Waals surface area contributed by atoms with E-state index >= 15 is 0 Å². The van der Waals surface area contributed by atoms with Gasteiger partial charge in [0.15, 0.2) is 4.34 Å². The van der Waals surface area contributed by atoms with Crippen LogP contribution in [0.4, 0.5) is 5.69 Å². The molecule has 0 spiro atoms. The molecular formula is C11H16ClN3O4S2. The van der Waals surface area contributed by atoms with Crippen LogP contribution < -0.4 is 5.73 Å². The summed E-state index contributed by atoms with van der Waals surface area (Å²) in [5.41, 5.74) is 5.30. The van der Waals surface area contributed by atoms with Gasteiger partial charge in [0.05, 0.1) is 4.92 Å². The fourth-order valence-corrected chi connectivity index (χ4v) is 5.98. The number of hydrogen-bond acceptors (Lipinski definition) is 6. The predicted octanol–water partition coefficient (Wildman–Crippen LogP) is 2.06. The highest BCUT2D eigenvalue weighted by molar-refractivity contribution is 7.91. The molecule has 0 amide bonds. The van der Waals surface area contributed by atoms with Crippen LogP contribution in [-0.4, -0.2) is 37.3 Å². The Morgan fingerprint density at radius 3 is 2.76 bits per heavy atom. The van der Waals surface area contributed by atoms with Gasteiger partial charge in [0.2, 0.25) is 0 Å². The van der Waals surface area contributed by atoms with Gasteiger partial charge in [-0.05, 0) is 25.3 Å². The van der Waals surface area contributed by atoms with E-state index in [2.05, 4.69) is 0 Å². The Bertz CT molecular complexity index is 646. The maximum atomic E-state index is 12.6. The van der Waals surface area contributed by atoms with E-state index in [1.165, 1.54) is 11.4 Å². The molecule has 1 heterocycles. The minimum absolute atomic E-state index is 0.107. The van der Waals surface area contributed by atoms with Crippen molar-refractivity contribution in [3.8, 4) is 0 Å². The lowest BCUT2D eigenvalue weighted by atomic mass is 10.0. The third kappa shape index (κ3) is 3.07. The first kappa shape index (κ1) is 16.6. The van der Waals surface area contributed by atoms with Crippen molar-refractivity contribution in [1.82, 2.24) is 4.31 Å². The summed E-state index contributed by atoms with van der Waals surface area (Å²) in [6, 6.07) is 0.852. The molecule has 0 radical (unpaired) electrons. The molecule has 7 nitrogen and oxygen atoms in total. The van der Waals surface area contributed by atoms with Crippen molar-refractivity contribution in [3.63, 3.8) is 0 Å². The monoisotopic (exact) mass is 353 g/mol. The van der Waals surface area contributed by atoms with Crippen LogP contribution in [0.15, 0.2) is 10.3 Å². The Morgan fingerprint density at radius 1 is 1.57 bits per heavy atom. The molecule has 1 aromatic heterocycles. The minimum Gasteiger partial charge on any atom is -0.330 e. The number of nitrogens with two attached hydrogens (primary N) is 1. The second-order valence-electron chi connectivity index (χ2n) is 5.00. The standard InChI is InChI=1S/C11H16ClN3O4S2/c1-14(8-4-2-3-7(8)6-13)21(18,19)10-5-9(15(16)17)11(12)20-10/h5,7-8H,2-4,6,13H2,1H3. The highest BCUT2D eigenvalue weighted by atomic mass is 35.5.